The van der Waals surface area contributed by atoms with Gasteiger partial charge in [0.05, 0.1) is 0 Å². The monoisotopic (exact) mass is 168 g/mol. The molecule has 1 atom stereocenters. The van der Waals surface area contributed by atoms with E-state index in [1.807, 2.05) is 0 Å². The molecule has 2 nitrogen and oxygen atoms in total. The van der Waals surface area contributed by atoms with E-state index in [1.54, 1.807) is 0 Å². The summed E-state index contributed by atoms with van der Waals surface area (Å²) in [6.45, 7) is 6.17. The molecule has 0 amide bonds. The molecule has 2 rings (SSSR count). The van der Waals surface area contributed by atoms with Crippen LogP contribution in [-0.2, 0) is 0 Å². The lowest BCUT2D eigenvalue weighted by Gasteiger charge is -2.15. The van der Waals surface area contributed by atoms with Crippen LogP contribution in [0.2, 0.25) is 0 Å². The second kappa shape index (κ2) is 3.75. The molecule has 2 aliphatic rings. The lowest BCUT2D eigenvalue weighted by Crippen LogP contribution is -2.34. The summed E-state index contributed by atoms with van der Waals surface area (Å²) in [5, 5.41) is 3.70. The summed E-state index contributed by atoms with van der Waals surface area (Å²) in [6, 6.07) is 1.70. The van der Waals surface area contributed by atoms with Crippen molar-refractivity contribution in [1.29, 1.82) is 0 Å². The molecule has 0 radical (unpaired) electrons. The van der Waals surface area contributed by atoms with E-state index >= 15 is 0 Å². The van der Waals surface area contributed by atoms with E-state index in [1.165, 1.54) is 45.3 Å². The molecule has 1 heterocycles. The third-order valence-electron chi connectivity index (χ3n) is 2.86. The highest BCUT2D eigenvalue weighted by molar-refractivity contribution is 4.89. The van der Waals surface area contributed by atoms with Crippen molar-refractivity contribution in [2.24, 2.45) is 0 Å². The highest BCUT2D eigenvalue weighted by Gasteiger charge is 2.28. The van der Waals surface area contributed by atoms with Crippen LogP contribution in [0, 0.1) is 0 Å². The number of hydrogen-bond donors (Lipinski definition) is 1. The van der Waals surface area contributed by atoms with Crippen molar-refractivity contribution in [2.75, 3.05) is 19.6 Å². The predicted molar refractivity (Wildman–Crippen MR) is 51.3 cm³/mol. The fourth-order valence-electron chi connectivity index (χ4n) is 2.07. The van der Waals surface area contributed by atoms with E-state index in [9.17, 15) is 0 Å². The van der Waals surface area contributed by atoms with Gasteiger partial charge in [-0.15, -0.1) is 0 Å². The van der Waals surface area contributed by atoms with Gasteiger partial charge in [0.1, 0.15) is 0 Å². The lowest BCUT2D eigenvalue weighted by atomic mass is 10.2. The van der Waals surface area contributed by atoms with Crippen LogP contribution in [0.25, 0.3) is 0 Å². The Kier molecular flexibility index (Phi) is 2.66. The maximum Gasteiger partial charge on any atom is 0.0209 e. The lowest BCUT2D eigenvalue weighted by molar-refractivity contribution is 0.328. The summed E-state index contributed by atoms with van der Waals surface area (Å²) in [7, 11) is 0. The molecule has 2 fully saturated rings. The van der Waals surface area contributed by atoms with Gasteiger partial charge in [-0.1, -0.05) is 6.92 Å². The van der Waals surface area contributed by atoms with Crippen LogP contribution < -0.4 is 5.32 Å². The van der Waals surface area contributed by atoms with Gasteiger partial charge in [-0.25, -0.2) is 0 Å². The minimum Gasteiger partial charge on any atom is -0.310 e. The minimum atomic E-state index is 0.809. The van der Waals surface area contributed by atoms with Crippen molar-refractivity contribution in [2.45, 2.75) is 44.7 Å². The summed E-state index contributed by atoms with van der Waals surface area (Å²) in [6.07, 6.45) is 5.52. The topological polar surface area (TPSA) is 15.3 Å². The molecule has 0 spiro atoms. The first kappa shape index (κ1) is 8.52. The highest BCUT2D eigenvalue weighted by atomic mass is 15.2. The van der Waals surface area contributed by atoms with Crippen molar-refractivity contribution >= 4 is 0 Å². The SMILES string of the molecule is CCCN1CCC(NC2CC2)C1. The summed E-state index contributed by atoms with van der Waals surface area (Å²) >= 11 is 0. The van der Waals surface area contributed by atoms with Crippen molar-refractivity contribution in [1.82, 2.24) is 10.2 Å². The standard InChI is InChI=1S/C10H20N2/c1-2-6-12-7-5-10(8-12)11-9-3-4-9/h9-11H,2-8H2,1H3. The quantitative estimate of drug-likeness (QED) is 0.679. The molecule has 12 heavy (non-hydrogen) atoms. The minimum absolute atomic E-state index is 0.809. The van der Waals surface area contributed by atoms with Gasteiger partial charge in [-0.2, -0.15) is 0 Å². The average Bonchev–Trinajstić information content (AvgIpc) is 2.74. The smallest absolute Gasteiger partial charge is 0.0209 e. The number of likely N-dealkylation sites (tertiary alicyclic amines) is 1. The van der Waals surface area contributed by atoms with E-state index in [4.69, 9.17) is 0 Å². The zero-order valence-electron chi connectivity index (χ0n) is 8.05. The summed E-state index contributed by atoms with van der Waals surface area (Å²) in [5.74, 6) is 0. The predicted octanol–water partition coefficient (Wildman–Crippen LogP) is 1.22. The molecule has 1 aliphatic heterocycles. The van der Waals surface area contributed by atoms with Gasteiger partial charge in [0, 0.05) is 18.6 Å². The second-order valence-corrected chi connectivity index (χ2v) is 4.23. The van der Waals surface area contributed by atoms with Crippen LogP contribution in [-0.4, -0.2) is 36.6 Å². The zero-order valence-corrected chi connectivity index (χ0v) is 8.05. The maximum absolute atomic E-state index is 3.70. The number of rotatable bonds is 4. The molecule has 1 unspecified atom stereocenters. The molecular weight excluding hydrogens is 148 g/mol. The fraction of sp³-hybridized carbons (Fsp3) is 1.00. The van der Waals surface area contributed by atoms with Gasteiger partial charge in [0.15, 0.2) is 0 Å². The van der Waals surface area contributed by atoms with Gasteiger partial charge in [0.25, 0.3) is 0 Å². The second-order valence-electron chi connectivity index (χ2n) is 4.23. The average molecular weight is 168 g/mol. The Morgan fingerprint density at radius 3 is 2.75 bits per heavy atom. The number of nitrogens with zero attached hydrogens (tertiary/aromatic N) is 1. The van der Waals surface area contributed by atoms with Crippen molar-refractivity contribution in [3.8, 4) is 0 Å². The fourth-order valence-corrected chi connectivity index (χ4v) is 2.07. The Hall–Kier alpha value is -0.0800. The van der Waals surface area contributed by atoms with E-state index < -0.39 is 0 Å². The van der Waals surface area contributed by atoms with Crippen LogP contribution in [0.3, 0.4) is 0 Å². The molecule has 1 saturated heterocycles. The van der Waals surface area contributed by atoms with E-state index in [-0.39, 0.29) is 0 Å². The van der Waals surface area contributed by atoms with Crippen LogP contribution >= 0.6 is 0 Å². The first-order chi connectivity index (χ1) is 5.88. The highest BCUT2D eigenvalue weighted by Crippen LogP contribution is 2.21. The van der Waals surface area contributed by atoms with E-state index in [2.05, 4.69) is 17.1 Å². The van der Waals surface area contributed by atoms with Crippen LogP contribution in [0.15, 0.2) is 0 Å². The van der Waals surface area contributed by atoms with E-state index in [0.29, 0.717) is 0 Å². The van der Waals surface area contributed by atoms with Gasteiger partial charge < -0.3 is 10.2 Å². The molecule has 70 valence electrons. The Morgan fingerprint density at radius 1 is 1.25 bits per heavy atom. The molecule has 1 N–H and O–H groups in total. The third kappa shape index (κ3) is 2.20. The molecule has 1 aliphatic carbocycles. The molecule has 0 aromatic rings. The summed E-state index contributed by atoms with van der Waals surface area (Å²) < 4.78 is 0. The van der Waals surface area contributed by atoms with Gasteiger partial charge in [-0.3, -0.25) is 0 Å². The van der Waals surface area contributed by atoms with E-state index in [0.717, 1.165) is 12.1 Å². The molecular formula is C10H20N2. The van der Waals surface area contributed by atoms with Gasteiger partial charge in [-0.05, 0) is 38.8 Å². The molecule has 0 bridgehead atoms. The Bertz CT molecular complexity index is 143. The van der Waals surface area contributed by atoms with Crippen molar-refractivity contribution in [3.05, 3.63) is 0 Å². The molecule has 0 aromatic heterocycles. The molecule has 1 saturated carbocycles. The molecule has 2 heteroatoms. The zero-order chi connectivity index (χ0) is 8.39. The molecule has 0 aromatic carbocycles. The van der Waals surface area contributed by atoms with Gasteiger partial charge in [0.2, 0.25) is 0 Å². The number of hydrogen-bond acceptors (Lipinski definition) is 2. The van der Waals surface area contributed by atoms with Crippen LogP contribution in [0.5, 0.6) is 0 Å². The Balaban J connectivity index is 1.66. The first-order valence-electron chi connectivity index (χ1n) is 5.37. The third-order valence-corrected chi connectivity index (χ3v) is 2.86. The van der Waals surface area contributed by atoms with Crippen LogP contribution in [0.1, 0.15) is 32.6 Å². The first-order valence-corrected chi connectivity index (χ1v) is 5.37. The van der Waals surface area contributed by atoms with Crippen molar-refractivity contribution in [3.63, 3.8) is 0 Å². The summed E-state index contributed by atoms with van der Waals surface area (Å²) in [4.78, 5) is 2.58. The normalized spacial score (nSPS) is 31.2. The maximum atomic E-state index is 3.70. The largest absolute Gasteiger partial charge is 0.310 e. The summed E-state index contributed by atoms with van der Waals surface area (Å²) in [5.41, 5.74) is 0. The Labute approximate surface area is 75.3 Å². The van der Waals surface area contributed by atoms with Crippen molar-refractivity contribution < 1.29 is 0 Å². The van der Waals surface area contributed by atoms with Gasteiger partial charge >= 0.3 is 0 Å². The van der Waals surface area contributed by atoms with Crippen LogP contribution in [0.4, 0.5) is 0 Å². The number of nitrogens with one attached hydrogen (secondary N) is 1. The Morgan fingerprint density at radius 2 is 2.08 bits per heavy atom.